The summed E-state index contributed by atoms with van der Waals surface area (Å²) in [6, 6.07) is 0. The second kappa shape index (κ2) is 7.25. The molecule has 4 saturated carbocycles. The number of hydrogen-bond donors (Lipinski definition) is 0. The largest absolute Gasteiger partial charge is 0.383 e. The van der Waals surface area contributed by atoms with E-state index in [1.807, 2.05) is 6.92 Å². The molecule has 6 nitrogen and oxygen atoms in total. The zero-order valence-corrected chi connectivity index (χ0v) is 17.8. The van der Waals surface area contributed by atoms with Crippen LogP contribution >= 0.6 is 11.8 Å². The van der Waals surface area contributed by atoms with Gasteiger partial charge in [-0.2, -0.15) is 4.99 Å². The van der Waals surface area contributed by atoms with E-state index in [1.165, 1.54) is 19.3 Å². The monoisotopic (exact) mass is 408 g/mol. The molecular formula is C21H32N2O4S. The zero-order valence-electron chi connectivity index (χ0n) is 17.0. The van der Waals surface area contributed by atoms with Gasteiger partial charge in [0, 0.05) is 20.3 Å². The Morgan fingerprint density at radius 3 is 2.54 bits per heavy atom. The highest BCUT2D eigenvalue weighted by Crippen LogP contribution is 2.60. The van der Waals surface area contributed by atoms with Crippen LogP contribution in [0.15, 0.2) is 4.99 Å². The van der Waals surface area contributed by atoms with Crippen LogP contribution in [0.5, 0.6) is 0 Å². The maximum Gasteiger partial charge on any atom is 0.254 e. The molecule has 1 amide bonds. The average molecular weight is 409 g/mol. The molecular weight excluding hydrogens is 376 g/mol. The second-order valence-corrected chi connectivity index (χ2v) is 10.6. The van der Waals surface area contributed by atoms with Crippen molar-refractivity contribution >= 4 is 22.8 Å². The molecule has 2 saturated heterocycles. The van der Waals surface area contributed by atoms with Crippen molar-refractivity contribution in [3.05, 3.63) is 0 Å². The van der Waals surface area contributed by atoms with E-state index in [-0.39, 0.29) is 16.6 Å². The summed E-state index contributed by atoms with van der Waals surface area (Å²) >= 11 is 1.66. The Bertz CT molecular complexity index is 634. The van der Waals surface area contributed by atoms with Gasteiger partial charge in [0.25, 0.3) is 5.91 Å². The fraction of sp³-hybridized carbons (Fsp3) is 0.905. The van der Waals surface area contributed by atoms with Crippen molar-refractivity contribution in [2.45, 2.75) is 56.4 Å². The molecule has 156 valence electrons. The van der Waals surface area contributed by atoms with E-state index in [9.17, 15) is 4.79 Å². The third-order valence-corrected chi connectivity index (χ3v) is 8.93. The SMILES string of the molecule is CCOC12COCC1S/C(=N\C(=O)C13CC4CC(CC(C4)C1)C3)N2CCOC. The molecule has 6 rings (SSSR count). The van der Waals surface area contributed by atoms with E-state index in [1.54, 1.807) is 18.9 Å². The molecule has 0 aromatic carbocycles. The molecule has 0 aromatic heterocycles. The summed E-state index contributed by atoms with van der Waals surface area (Å²) < 4.78 is 17.3. The van der Waals surface area contributed by atoms with E-state index < -0.39 is 5.72 Å². The minimum Gasteiger partial charge on any atom is -0.383 e. The lowest BCUT2D eigenvalue weighted by Crippen LogP contribution is -2.55. The van der Waals surface area contributed by atoms with Gasteiger partial charge in [0.1, 0.15) is 0 Å². The van der Waals surface area contributed by atoms with Gasteiger partial charge in [-0.05, 0) is 63.2 Å². The Morgan fingerprint density at radius 1 is 1.25 bits per heavy atom. The number of amides is 1. The predicted molar refractivity (Wildman–Crippen MR) is 108 cm³/mol. The number of thioether (sulfide) groups is 1. The fourth-order valence-electron chi connectivity index (χ4n) is 6.86. The van der Waals surface area contributed by atoms with E-state index in [2.05, 4.69) is 4.90 Å². The maximum absolute atomic E-state index is 13.5. The van der Waals surface area contributed by atoms with Crippen molar-refractivity contribution in [3.8, 4) is 0 Å². The highest BCUT2D eigenvalue weighted by molar-refractivity contribution is 8.14. The first-order valence-electron chi connectivity index (χ1n) is 10.9. The second-order valence-electron chi connectivity index (χ2n) is 9.44. The van der Waals surface area contributed by atoms with E-state index in [4.69, 9.17) is 19.2 Å². The van der Waals surface area contributed by atoms with E-state index >= 15 is 0 Å². The topological polar surface area (TPSA) is 60.4 Å². The predicted octanol–water partition coefficient (Wildman–Crippen LogP) is 2.91. The number of hydrogen-bond acceptors (Lipinski definition) is 5. The van der Waals surface area contributed by atoms with E-state index in [0.29, 0.717) is 33.0 Å². The summed E-state index contributed by atoms with van der Waals surface area (Å²) in [6.07, 6.45) is 7.18. The van der Waals surface area contributed by atoms with Gasteiger partial charge in [0.15, 0.2) is 10.9 Å². The molecule has 28 heavy (non-hydrogen) atoms. The molecule has 0 radical (unpaired) electrons. The lowest BCUT2D eigenvalue weighted by molar-refractivity contribution is -0.142. The molecule has 4 aliphatic carbocycles. The summed E-state index contributed by atoms with van der Waals surface area (Å²) in [5.41, 5.74) is -0.708. The number of amidine groups is 1. The van der Waals surface area contributed by atoms with Gasteiger partial charge in [-0.1, -0.05) is 11.8 Å². The summed E-state index contributed by atoms with van der Waals surface area (Å²) in [5, 5.41) is 0.978. The Morgan fingerprint density at radius 2 is 1.93 bits per heavy atom. The van der Waals surface area contributed by atoms with Crippen molar-refractivity contribution in [1.82, 2.24) is 4.90 Å². The van der Waals surface area contributed by atoms with Crippen molar-refractivity contribution in [1.29, 1.82) is 0 Å². The van der Waals surface area contributed by atoms with E-state index in [0.717, 1.165) is 42.2 Å². The normalized spacial score (nSPS) is 45.2. The fourth-order valence-corrected chi connectivity index (χ4v) is 8.24. The number of carbonyl (C=O) groups excluding carboxylic acids is 1. The lowest BCUT2D eigenvalue weighted by atomic mass is 9.49. The van der Waals surface area contributed by atoms with Crippen LogP contribution in [-0.2, 0) is 19.0 Å². The molecule has 0 N–H and O–H groups in total. The van der Waals surface area contributed by atoms with Crippen LogP contribution in [0.1, 0.15) is 45.4 Å². The van der Waals surface area contributed by atoms with Gasteiger partial charge in [-0.3, -0.25) is 4.79 Å². The van der Waals surface area contributed by atoms with Gasteiger partial charge >= 0.3 is 0 Å². The van der Waals surface area contributed by atoms with Crippen LogP contribution in [0, 0.1) is 23.2 Å². The molecule has 0 spiro atoms. The number of nitrogens with zero attached hydrogens (tertiary/aromatic N) is 2. The van der Waals surface area contributed by atoms with Crippen molar-refractivity contribution in [3.63, 3.8) is 0 Å². The quantitative estimate of drug-likeness (QED) is 0.674. The molecule has 6 fully saturated rings. The minimum absolute atomic E-state index is 0.129. The van der Waals surface area contributed by atoms with Crippen molar-refractivity contribution in [2.75, 3.05) is 40.1 Å². The summed E-state index contributed by atoms with van der Waals surface area (Å²) in [5.74, 6) is 2.38. The van der Waals surface area contributed by atoms with Crippen LogP contribution in [0.4, 0.5) is 0 Å². The van der Waals surface area contributed by atoms with Gasteiger partial charge in [0.2, 0.25) is 0 Å². The summed E-state index contributed by atoms with van der Waals surface area (Å²) in [7, 11) is 1.70. The number of aliphatic imine (C=N–C) groups is 1. The number of methoxy groups -OCH3 is 1. The highest BCUT2D eigenvalue weighted by atomic mass is 32.2. The molecule has 2 heterocycles. The van der Waals surface area contributed by atoms with Gasteiger partial charge in [0.05, 0.1) is 30.5 Å². The zero-order chi connectivity index (χ0) is 19.4. The first-order valence-corrected chi connectivity index (χ1v) is 11.7. The molecule has 6 aliphatic rings. The molecule has 2 atom stereocenters. The number of fused-ring (bicyclic) bond motifs is 1. The lowest BCUT2D eigenvalue weighted by Gasteiger charge is -2.55. The maximum atomic E-state index is 13.5. The number of rotatable bonds is 6. The third kappa shape index (κ3) is 2.96. The van der Waals surface area contributed by atoms with Crippen molar-refractivity contribution in [2.24, 2.45) is 28.2 Å². The Kier molecular flexibility index (Phi) is 5.01. The average Bonchev–Trinajstić information content (AvgIpc) is 3.15. The number of ether oxygens (including phenoxy) is 3. The van der Waals surface area contributed by atoms with Crippen LogP contribution < -0.4 is 0 Å². The summed E-state index contributed by atoms with van der Waals surface area (Å²) in [4.78, 5) is 20.5. The molecule has 7 heteroatoms. The standard InChI is InChI=1S/C21H32N2O4S/c1-3-27-21-13-26-12-17(21)28-19(23(21)4-5-25-2)22-18(24)20-9-14-6-15(10-20)8-16(7-14)11-20/h14-17H,3-13H2,1-2H3/b22-19-. The number of carbonyl (C=O) groups is 1. The Hall–Kier alpha value is -0.630. The van der Waals surface area contributed by atoms with Crippen LogP contribution in [-0.4, -0.2) is 67.0 Å². The molecule has 2 unspecified atom stereocenters. The third-order valence-electron chi connectivity index (χ3n) is 7.62. The van der Waals surface area contributed by atoms with Gasteiger partial charge in [-0.15, -0.1) is 0 Å². The first kappa shape index (κ1) is 19.3. The van der Waals surface area contributed by atoms with Crippen molar-refractivity contribution < 1.29 is 19.0 Å². The van der Waals surface area contributed by atoms with Crippen LogP contribution in [0.2, 0.25) is 0 Å². The summed E-state index contributed by atoms with van der Waals surface area (Å²) in [6.45, 7) is 5.02. The Balaban J connectivity index is 1.42. The smallest absolute Gasteiger partial charge is 0.254 e. The Labute approximate surface area is 171 Å². The molecule has 0 aromatic rings. The van der Waals surface area contributed by atoms with Gasteiger partial charge < -0.3 is 19.1 Å². The molecule has 4 bridgehead atoms. The molecule has 2 aliphatic heterocycles. The minimum atomic E-state index is -0.515. The van der Waals surface area contributed by atoms with Crippen LogP contribution in [0.3, 0.4) is 0 Å². The highest BCUT2D eigenvalue weighted by Gasteiger charge is 2.59. The van der Waals surface area contributed by atoms with Crippen LogP contribution in [0.25, 0.3) is 0 Å². The first-order chi connectivity index (χ1) is 13.6. The van der Waals surface area contributed by atoms with Gasteiger partial charge in [-0.25, -0.2) is 0 Å².